The largest absolute Gasteiger partial charge is 0.507 e. The van der Waals surface area contributed by atoms with E-state index in [4.69, 9.17) is 11.6 Å². The Bertz CT molecular complexity index is 384. The van der Waals surface area contributed by atoms with E-state index in [0.717, 1.165) is 11.1 Å². The summed E-state index contributed by atoms with van der Waals surface area (Å²) in [4.78, 5) is 0. The second kappa shape index (κ2) is 4.03. The van der Waals surface area contributed by atoms with Gasteiger partial charge in [-0.3, -0.25) is 0 Å². The van der Waals surface area contributed by atoms with Crippen LogP contribution in [0.15, 0.2) is 6.07 Å². The fourth-order valence-corrected chi connectivity index (χ4v) is 2.04. The number of aromatic hydroxyl groups is 1. The number of hydrogen-bond donors (Lipinski definition) is 2. The molecule has 1 rings (SSSR count). The van der Waals surface area contributed by atoms with Gasteiger partial charge in [-0.2, -0.15) is 0 Å². The molecule has 2 N–H and O–H groups in total. The number of hydrogen-bond acceptors (Lipinski definition) is 2. The van der Waals surface area contributed by atoms with E-state index in [1.54, 1.807) is 6.92 Å². The molecule has 0 heterocycles. The second-order valence-electron chi connectivity index (χ2n) is 4.57. The third-order valence-electron chi connectivity index (χ3n) is 2.76. The van der Waals surface area contributed by atoms with Crippen LogP contribution in [0, 0.1) is 13.8 Å². The quantitative estimate of drug-likeness (QED) is 0.817. The average molecular weight is 229 g/mol. The van der Waals surface area contributed by atoms with Crippen LogP contribution in [-0.4, -0.2) is 16.8 Å². The molecule has 15 heavy (non-hydrogen) atoms. The molecular weight excluding hydrogens is 212 g/mol. The number of phenolic OH excluding ortho intramolecular Hbond substituents is 1. The standard InChI is InChI=1S/C12H17ClO2/c1-7-5-9(13)8(2)11(15)10(7)12(3,4)6-14/h5,14-15H,6H2,1-4H3. The molecule has 84 valence electrons. The lowest BCUT2D eigenvalue weighted by Gasteiger charge is -2.26. The fraction of sp³-hybridized carbons (Fsp3) is 0.500. The number of aliphatic hydroxyl groups is 1. The minimum Gasteiger partial charge on any atom is -0.507 e. The van der Waals surface area contributed by atoms with Gasteiger partial charge >= 0.3 is 0 Å². The molecule has 1 aromatic carbocycles. The lowest BCUT2D eigenvalue weighted by Crippen LogP contribution is -2.23. The molecule has 0 bridgehead atoms. The summed E-state index contributed by atoms with van der Waals surface area (Å²) in [5.74, 6) is 0.194. The lowest BCUT2D eigenvalue weighted by molar-refractivity contribution is 0.214. The number of rotatable bonds is 2. The van der Waals surface area contributed by atoms with Gasteiger partial charge < -0.3 is 10.2 Å². The summed E-state index contributed by atoms with van der Waals surface area (Å²) in [6, 6.07) is 1.82. The number of phenols is 1. The summed E-state index contributed by atoms with van der Waals surface area (Å²) < 4.78 is 0. The maximum Gasteiger partial charge on any atom is 0.124 e. The molecule has 0 amide bonds. The summed E-state index contributed by atoms with van der Waals surface area (Å²) in [6.07, 6.45) is 0. The Morgan fingerprint density at radius 1 is 1.33 bits per heavy atom. The van der Waals surface area contributed by atoms with Crippen molar-refractivity contribution in [2.45, 2.75) is 33.1 Å². The molecule has 2 nitrogen and oxygen atoms in total. The molecule has 3 heteroatoms. The highest BCUT2D eigenvalue weighted by atomic mass is 35.5. The Balaban J connectivity index is 3.49. The van der Waals surface area contributed by atoms with Gasteiger partial charge in [-0.05, 0) is 25.5 Å². The SMILES string of the molecule is Cc1cc(Cl)c(C)c(O)c1C(C)(C)CO. The maximum absolute atomic E-state index is 10.0. The molecule has 0 spiro atoms. The van der Waals surface area contributed by atoms with Gasteiger partial charge in [0.25, 0.3) is 0 Å². The molecular formula is C12H17ClO2. The number of benzene rings is 1. The van der Waals surface area contributed by atoms with E-state index in [0.29, 0.717) is 10.6 Å². The summed E-state index contributed by atoms with van der Waals surface area (Å²) in [5, 5.41) is 19.9. The van der Waals surface area contributed by atoms with E-state index in [-0.39, 0.29) is 12.4 Å². The molecule has 0 aliphatic rings. The van der Waals surface area contributed by atoms with Crippen LogP contribution in [0.25, 0.3) is 0 Å². The van der Waals surface area contributed by atoms with Crippen LogP contribution < -0.4 is 0 Å². The van der Waals surface area contributed by atoms with Crippen molar-refractivity contribution in [2.24, 2.45) is 0 Å². The predicted molar refractivity (Wildman–Crippen MR) is 62.7 cm³/mol. The number of aliphatic hydroxyl groups excluding tert-OH is 1. The van der Waals surface area contributed by atoms with Crippen LogP contribution in [0.5, 0.6) is 5.75 Å². The van der Waals surface area contributed by atoms with Crippen LogP contribution in [-0.2, 0) is 5.41 Å². The van der Waals surface area contributed by atoms with Crippen molar-refractivity contribution in [3.63, 3.8) is 0 Å². The van der Waals surface area contributed by atoms with Crippen molar-refractivity contribution in [2.75, 3.05) is 6.61 Å². The van der Waals surface area contributed by atoms with Crippen molar-refractivity contribution in [1.29, 1.82) is 0 Å². The number of halogens is 1. The molecule has 1 aromatic rings. The Morgan fingerprint density at radius 3 is 2.33 bits per heavy atom. The molecule has 0 unspecified atom stereocenters. The Hall–Kier alpha value is -0.730. The Kier molecular flexibility index (Phi) is 3.31. The zero-order valence-electron chi connectivity index (χ0n) is 9.56. The van der Waals surface area contributed by atoms with E-state index < -0.39 is 5.41 Å². The molecule has 0 fully saturated rings. The van der Waals surface area contributed by atoms with Gasteiger partial charge in [0.2, 0.25) is 0 Å². The highest BCUT2D eigenvalue weighted by Gasteiger charge is 2.26. The van der Waals surface area contributed by atoms with Gasteiger partial charge in [0.15, 0.2) is 0 Å². The Morgan fingerprint density at radius 2 is 1.87 bits per heavy atom. The van der Waals surface area contributed by atoms with Crippen LogP contribution in [0.1, 0.15) is 30.5 Å². The summed E-state index contributed by atoms with van der Waals surface area (Å²) in [7, 11) is 0. The van der Waals surface area contributed by atoms with Gasteiger partial charge in [0.05, 0.1) is 6.61 Å². The highest BCUT2D eigenvalue weighted by molar-refractivity contribution is 6.31. The molecule has 0 aliphatic carbocycles. The third-order valence-corrected chi connectivity index (χ3v) is 3.15. The predicted octanol–water partition coefficient (Wildman–Crippen LogP) is 2.93. The molecule has 0 saturated carbocycles. The first kappa shape index (κ1) is 12.3. The van der Waals surface area contributed by atoms with Crippen molar-refractivity contribution in [3.8, 4) is 5.75 Å². The van der Waals surface area contributed by atoms with E-state index in [2.05, 4.69) is 0 Å². The van der Waals surface area contributed by atoms with Crippen molar-refractivity contribution >= 4 is 11.6 Å². The monoisotopic (exact) mass is 228 g/mol. The molecule has 0 atom stereocenters. The minimum absolute atomic E-state index is 0.0114. The number of aryl methyl sites for hydroxylation is 1. The molecule has 0 aromatic heterocycles. The van der Waals surface area contributed by atoms with Gasteiger partial charge in [0.1, 0.15) is 5.75 Å². The van der Waals surface area contributed by atoms with E-state index in [1.165, 1.54) is 0 Å². The van der Waals surface area contributed by atoms with Gasteiger partial charge in [0, 0.05) is 21.6 Å². The zero-order valence-corrected chi connectivity index (χ0v) is 10.3. The highest BCUT2D eigenvalue weighted by Crippen LogP contribution is 2.38. The first-order valence-corrected chi connectivity index (χ1v) is 5.29. The summed E-state index contributed by atoms with van der Waals surface area (Å²) in [6.45, 7) is 7.43. The van der Waals surface area contributed by atoms with Crippen LogP contribution >= 0.6 is 11.6 Å². The van der Waals surface area contributed by atoms with E-state index in [9.17, 15) is 10.2 Å². The topological polar surface area (TPSA) is 40.5 Å². The van der Waals surface area contributed by atoms with E-state index >= 15 is 0 Å². The summed E-state index contributed by atoms with van der Waals surface area (Å²) in [5.41, 5.74) is 1.89. The maximum atomic E-state index is 10.0. The molecule has 0 saturated heterocycles. The van der Waals surface area contributed by atoms with Gasteiger partial charge in [-0.15, -0.1) is 0 Å². The van der Waals surface area contributed by atoms with E-state index in [1.807, 2.05) is 26.8 Å². The average Bonchev–Trinajstić information content (AvgIpc) is 2.14. The summed E-state index contributed by atoms with van der Waals surface area (Å²) >= 11 is 5.96. The van der Waals surface area contributed by atoms with Gasteiger partial charge in [-0.25, -0.2) is 0 Å². The van der Waals surface area contributed by atoms with Crippen molar-refractivity contribution < 1.29 is 10.2 Å². The first-order chi connectivity index (χ1) is 6.81. The Labute approximate surface area is 95.5 Å². The normalized spacial score (nSPS) is 11.9. The van der Waals surface area contributed by atoms with Crippen molar-refractivity contribution in [1.82, 2.24) is 0 Å². The van der Waals surface area contributed by atoms with Crippen LogP contribution in [0.2, 0.25) is 5.02 Å². The fourth-order valence-electron chi connectivity index (χ4n) is 1.79. The van der Waals surface area contributed by atoms with Crippen LogP contribution in [0.3, 0.4) is 0 Å². The zero-order chi connectivity index (χ0) is 11.8. The third kappa shape index (κ3) is 2.11. The minimum atomic E-state index is -0.455. The lowest BCUT2D eigenvalue weighted by atomic mass is 9.81. The van der Waals surface area contributed by atoms with Gasteiger partial charge in [-0.1, -0.05) is 25.4 Å². The molecule has 0 aliphatic heterocycles. The first-order valence-electron chi connectivity index (χ1n) is 4.91. The molecule has 0 radical (unpaired) electrons. The smallest absolute Gasteiger partial charge is 0.124 e. The van der Waals surface area contributed by atoms with Crippen LogP contribution in [0.4, 0.5) is 0 Å². The van der Waals surface area contributed by atoms with Crippen molar-refractivity contribution in [3.05, 3.63) is 27.8 Å². The second-order valence-corrected chi connectivity index (χ2v) is 4.97.